The van der Waals surface area contributed by atoms with E-state index < -0.39 is 0 Å². The van der Waals surface area contributed by atoms with Gasteiger partial charge in [-0.15, -0.1) is 0 Å². The van der Waals surface area contributed by atoms with E-state index in [0.29, 0.717) is 35.6 Å². The third-order valence-corrected chi connectivity index (χ3v) is 6.60. The van der Waals surface area contributed by atoms with Crippen molar-refractivity contribution < 1.29 is 9.53 Å². The molecule has 0 aromatic heterocycles. The summed E-state index contributed by atoms with van der Waals surface area (Å²) in [5.74, 6) is 3.13. The van der Waals surface area contributed by atoms with Crippen LogP contribution < -0.4 is 0 Å². The van der Waals surface area contributed by atoms with Crippen LogP contribution in [0.3, 0.4) is 0 Å². The Morgan fingerprint density at radius 2 is 2.00 bits per heavy atom. The predicted molar refractivity (Wildman–Crippen MR) is 64.4 cm³/mol. The molecule has 4 fully saturated rings. The summed E-state index contributed by atoms with van der Waals surface area (Å²) >= 11 is 0. The summed E-state index contributed by atoms with van der Waals surface area (Å²) in [6, 6.07) is 0. The lowest BCUT2D eigenvalue weighted by Gasteiger charge is -2.49. The molecule has 94 valence electrons. The summed E-state index contributed by atoms with van der Waals surface area (Å²) in [6.45, 7) is 7.50. The van der Waals surface area contributed by atoms with Crippen molar-refractivity contribution in [1.29, 1.82) is 0 Å². The van der Waals surface area contributed by atoms with Crippen LogP contribution in [-0.4, -0.2) is 18.0 Å². The Bertz CT molecular complexity index is 400. The van der Waals surface area contributed by atoms with Gasteiger partial charge in [-0.25, -0.2) is 0 Å². The summed E-state index contributed by atoms with van der Waals surface area (Å²) in [5, 5.41) is 0. The van der Waals surface area contributed by atoms with Gasteiger partial charge >= 0.3 is 0 Å². The van der Waals surface area contributed by atoms with E-state index in [4.69, 9.17) is 4.74 Å². The molecule has 1 heterocycles. The maximum absolute atomic E-state index is 12.5. The minimum atomic E-state index is -0.0125. The highest BCUT2D eigenvalue weighted by Crippen LogP contribution is 2.72. The zero-order valence-electron chi connectivity index (χ0n) is 11.0. The van der Waals surface area contributed by atoms with Gasteiger partial charge in [-0.05, 0) is 56.3 Å². The SMILES string of the molecule is CC1(C)OC[C@@H]2C(=O)[C@H]3[C@H]4C[C@@H]2[C@@H]1CC[C@]43C. The summed E-state index contributed by atoms with van der Waals surface area (Å²) in [7, 11) is 0. The first kappa shape index (κ1) is 10.5. The first-order valence-electron chi connectivity index (χ1n) is 7.13. The average Bonchev–Trinajstić information content (AvgIpc) is 2.84. The first-order chi connectivity index (χ1) is 7.95. The molecular formula is C15H22O2. The molecule has 4 rings (SSSR count). The molecule has 2 nitrogen and oxygen atoms in total. The maximum atomic E-state index is 12.5. The molecule has 1 saturated heterocycles. The van der Waals surface area contributed by atoms with E-state index in [2.05, 4.69) is 20.8 Å². The molecule has 17 heavy (non-hydrogen) atoms. The quantitative estimate of drug-likeness (QED) is 0.644. The largest absolute Gasteiger partial charge is 0.375 e. The highest BCUT2D eigenvalue weighted by Gasteiger charge is 2.71. The van der Waals surface area contributed by atoms with Crippen molar-refractivity contribution in [3.8, 4) is 0 Å². The van der Waals surface area contributed by atoms with Crippen molar-refractivity contribution in [2.24, 2.45) is 35.0 Å². The van der Waals surface area contributed by atoms with Crippen molar-refractivity contribution in [3.63, 3.8) is 0 Å². The number of fused-ring (bicyclic) bond motifs is 1. The normalized spacial score (nSPS) is 58.5. The van der Waals surface area contributed by atoms with Crippen molar-refractivity contribution >= 4 is 5.78 Å². The standard InChI is InChI=1S/C15H22O2/c1-14(2)10-4-5-15(3)11-6-8(10)9(7-17-14)13(16)12(11)15/h8-12H,4-7H2,1-3H3/t8-,9-,10-,11+,12+,15+/m0/s1. The van der Waals surface area contributed by atoms with Crippen molar-refractivity contribution in [3.05, 3.63) is 0 Å². The Morgan fingerprint density at radius 1 is 1.24 bits per heavy atom. The second-order valence-electron chi connectivity index (χ2n) is 7.56. The molecule has 0 radical (unpaired) electrons. The minimum absolute atomic E-state index is 0.0125. The lowest BCUT2D eigenvalue weighted by molar-refractivity contribution is -0.171. The van der Waals surface area contributed by atoms with Crippen LogP contribution >= 0.6 is 0 Å². The van der Waals surface area contributed by atoms with Gasteiger partial charge in [0.25, 0.3) is 0 Å². The maximum Gasteiger partial charge on any atom is 0.142 e. The van der Waals surface area contributed by atoms with E-state index in [0.717, 1.165) is 5.92 Å². The van der Waals surface area contributed by atoms with Crippen LogP contribution in [0.25, 0.3) is 0 Å². The molecule has 6 atom stereocenters. The van der Waals surface area contributed by atoms with Crippen LogP contribution in [0.5, 0.6) is 0 Å². The number of rotatable bonds is 0. The van der Waals surface area contributed by atoms with Gasteiger partial charge in [0.05, 0.1) is 12.2 Å². The van der Waals surface area contributed by atoms with E-state index in [-0.39, 0.29) is 11.5 Å². The first-order valence-corrected chi connectivity index (χ1v) is 7.13. The molecule has 2 heteroatoms. The molecule has 0 aromatic rings. The Hall–Kier alpha value is -0.370. The minimum Gasteiger partial charge on any atom is -0.375 e. The topological polar surface area (TPSA) is 26.3 Å². The Kier molecular flexibility index (Phi) is 1.73. The summed E-state index contributed by atoms with van der Waals surface area (Å²) < 4.78 is 6.01. The van der Waals surface area contributed by atoms with Gasteiger partial charge < -0.3 is 4.74 Å². The number of carbonyl (C=O) groups excluding carboxylic acids is 1. The highest BCUT2D eigenvalue weighted by molar-refractivity contribution is 5.89. The molecule has 1 aliphatic heterocycles. The fourth-order valence-electron chi connectivity index (χ4n) is 5.44. The number of ketones is 1. The fraction of sp³-hybridized carbons (Fsp3) is 0.933. The van der Waals surface area contributed by atoms with Crippen LogP contribution in [0.2, 0.25) is 0 Å². The van der Waals surface area contributed by atoms with Crippen LogP contribution in [0.1, 0.15) is 40.0 Å². The van der Waals surface area contributed by atoms with E-state index in [1.807, 2.05) is 0 Å². The Labute approximate surface area is 103 Å². The number of ether oxygens (including phenoxy) is 1. The molecule has 0 unspecified atom stereocenters. The molecule has 3 aliphatic carbocycles. The van der Waals surface area contributed by atoms with Crippen LogP contribution in [0, 0.1) is 35.0 Å². The number of hydrogen-bond donors (Lipinski definition) is 0. The summed E-state index contributed by atoms with van der Waals surface area (Å²) in [6.07, 6.45) is 3.81. The summed E-state index contributed by atoms with van der Waals surface area (Å²) in [4.78, 5) is 12.5. The monoisotopic (exact) mass is 234 g/mol. The highest BCUT2D eigenvalue weighted by atomic mass is 16.5. The van der Waals surface area contributed by atoms with Crippen molar-refractivity contribution in [1.82, 2.24) is 0 Å². The van der Waals surface area contributed by atoms with Crippen LogP contribution in [-0.2, 0) is 9.53 Å². The van der Waals surface area contributed by atoms with E-state index >= 15 is 0 Å². The smallest absolute Gasteiger partial charge is 0.142 e. The molecule has 2 bridgehead atoms. The third kappa shape index (κ3) is 1.09. The predicted octanol–water partition coefficient (Wildman–Crippen LogP) is 2.66. The second kappa shape index (κ2) is 2.79. The Balaban J connectivity index is 1.78. The van der Waals surface area contributed by atoms with E-state index in [9.17, 15) is 4.79 Å². The average molecular weight is 234 g/mol. The number of hydrogen-bond acceptors (Lipinski definition) is 2. The van der Waals surface area contributed by atoms with E-state index in [1.54, 1.807) is 0 Å². The molecule has 0 spiro atoms. The molecule has 0 N–H and O–H groups in total. The molecular weight excluding hydrogens is 212 g/mol. The zero-order chi connectivity index (χ0) is 12.0. The molecule has 4 aliphatic rings. The van der Waals surface area contributed by atoms with Gasteiger partial charge in [0, 0.05) is 11.8 Å². The lowest BCUT2D eigenvalue weighted by atomic mass is 9.63. The third-order valence-electron chi connectivity index (χ3n) is 6.60. The van der Waals surface area contributed by atoms with Crippen LogP contribution in [0.4, 0.5) is 0 Å². The molecule has 3 saturated carbocycles. The fourth-order valence-corrected chi connectivity index (χ4v) is 5.44. The van der Waals surface area contributed by atoms with Gasteiger partial charge in [0.2, 0.25) is 0 Å². The molecule has 0 amide bonds. The number of Topliss-reactive ketones (excluding diaryl/α,β-unsaturated/α-hetero) is 1. The Morgan fingerprint density at radius 3 is 2.76 bits per heavy atom. The summed E-state index contributed by atoms with van der Waals surface area (Å²) in [5.41, 5.74) is 0.355. The van der Waals surface area contributed by atoms with Crippen LogP contribution in [0.15, 0.2) is 0 Å². The van der Waals surface area contributed by atoms with E-state index in [1.165, 1.54) is 19.3 Å². The van der Waals surface area contributed by atoms with Gasteiger partial charge in [-0.2, -0.15) is 0 Å². The number of carbonyl (C=O) groups is 1. The van der Waals surface area contributed by atoms with Gasteiger partial charge in [-0.1, -0.05) is 6.92 Å². The lowest BCUT2D eigenvalue weighted by Crippen LogP contribution is -2.52. The van der Waals surface area contributed by atoms with Gasteiger partial charge in [0.1, 0.15) is 5.78 Å². The van der Waals surface area contributed by atoms with Crippen molar-refractivity contribution in [2.75, 3.05) is 6.61 Å². The van der Waals surface area contributed by atoms with Gasteiger partial charge in [-0.3, -0.25) is 4.79 Å². The second-order valence-corrected chi connectivity index (χ2v) is 7.56. The van der Waals surface area contributed by atoms with Crippen molar-refractivity contribution in [2.45, 2.75) is 45.6 Å². The zero-order valence-corrected chi connectivity index (χ0v) is 11.0. The van der Waals surface area contributed by atoms with Gasteiger partial charge in [0.15, 0.2) is 0 Å². The molecule has 0 aromatic carbocycles.